The largest absolute Gasteiger partial charge is 0.473 e. The van der Waals surface area contributed by atoms with E-state index < -0.39 is 18.0 Å². The number of ether oxygens (including phenoxy) is 1. The van der Waals surface area contributed by atoms with Gasteiger partial charge in [0.15, 0.2) is 0 Å². The maximum atomic E-state index is 10.8. The summed E-state index contributed by atoms with van der Waals surface area (Å²) in [6, 6.07) is 0. The number of aliphatic carboxylic acids is 1. The minimum atomic E-state index is -1.60. The van der Waals surface area contributed by atoms with Crippen molar-refractivity contribution in [1.82, 2.24) is 16.3 Å². The van der Waals surface area contributed by atoms with Crippen molar-refractivity contribution in [2.45, 2.75) is 26.9 Å². The van der Waals surface area contributed by atoms with E-state index in [-0.39, 0.29) is 6.15 Å². The van der Waals surface area contributed by atoms with Crippen LogP contribution in [0.1, 0.15) is 30.0 Å². The molecule has 0 aromatic carbocycles. The summed E-state index contributed by atoms with van der Waals surface area (Å²) in [5, 5.41) is 15.0. The first kappa shape index (κ1) is 14.1. The van der Waals surface area contributed by atoms with Gasteiger partial charge in [0, 0.05) is 11.3 Å². The lowest BCUT2D eigenvalue weighted by Gasteiger charge is -2.11. The summed E-state index contributed by atoms with van der Waals surface area (Å²) in [6.45, 7) is 5.13. The first-order valence-corrected chi connectivity index (χ1v) is 4.38. The number of aromatic nitrogens is 2. The van der Waals surface area contributed by atoms with Crippen LogP contribution in [0.5, 0.6) is 0 Å². The second-order valence-corrected chi connectivity index (χ2v) is 3.20. The normalized spacial score (nSPS) is 11.4. The van der Waals surface area contributed by atoms with Gasteiger partial charge in [-0.2, -0.15) is 5.10 Å². The Morgan fingerprint density at radius 3 is 2.38 bits per heavy atom. The van der Waals surface area contributed by atoms with Crippen LogP contribution >= 0.6 is 0 Å². The molecule has 0 aliphatic heterocycles. The zero-order valence-corrected chi connectivity index (χ0v) is 9.40. The van der Waals surface area contributed by atoms with Gasteiger partial charge in [0.05, 0.1) is 5.69 Å². The van der Waals surface area contributed by atoms with Crippen molar-refractivity contribution in [3.05, 3.63) is 17.0 Å². The van der Waals surface area contributed by atoms with Crippen LogP contribution in [0.4, 0.5) is 0 Å². The van der Waals surface area contributed by atoms with Gasteiger partial charge in [-0.3, -0.25) is 5.10 Å². The number of hydrogen-bond acceptors (Lipinski definition) is 5. The van der Waals surface area contributed by atoms with Gasteiger partial charge in [0.1, 0.15) is 6.10 Å². The molecule has 7 nitrogen and oxygen atoms in total. The van der Waals surface area contributed by atoms with E-state index in [0.29, 0.717) is 11.3 Å². The number of aryl methyl sites for hydroxylation is 2. The van der Waals surface area contributed by atoms with E-state index in [2.05, 4.69) is 10.2 Å². The molecule has 1 atom stereocenters. The Kier molecular flexibility index (Phi) is 4.64. The van der Waals surface area contributed by atoms with Crippen molar-refractivity contribution in [2.24, 2.45) is 0 Å². The summed E-state index contributed by atoms with van der Waals surface area (Å²) < 4.78 is 4.72. The minimum Gasteiger partial charge on any atom is -0.473 e. The topological polar surface area (TPSA) is 127 Å². The van der Waals surface area contributed by atoms with E-state index in [1.165, 1.54) is 0 Å². The van der Waals surface area contributed by atoms with Crippen molar-refractivity contribution in [2.75, 3.05) is 0 Å². The highest BCUT2D eigenvalue weighted by atomic mass is 16.6. The summed E-state index contributed by atoms with van der Waals surface area (Å²) in [6.07, 6.45) is -0.618. The van der Waals surface area contributed by atoms with Crippen LogP contribution in [-0.4, -0.2) is 27.2 Å². The highest BCUT2D eigenvalue weighted by molar-refractivity contribution is 6.28. The van der Waals surface area contributed by atoms with Gasteiger partial charge in [0.25, 0.3) is 0 Å². The highest BCUT2D eigenvalue weighted by Crippen LogP contribution is 2.22. The molecule has 16 heavy (non-hydrogen) atoms. The maximum absolute atomic E-state index is 10.8. The number of carboxylic acids is 1. The molecule has 5 N–H and O–H groups in total. The monoisotopic (exact) mass is 229 g/mol. The van der Waals surface area contributed by atoms with Gasteiger partial charge in [0.2, 0.25) is 0 Å². The molecule has 1 heterocycles. The van der Waals surface area contributed by atoms with Gasteiger partial charge < -0.3 is 16.0 Å². The predicted molar refractivity (Wildman–Crippen MR) is 55.2 cm³/mol. The standard InChI is InChI=1S/C9H12N2O4.H3N/c1-4-7(5(2)11-10-4)6(3)15-9(14)8(12)13;/h6H,1-3H3,(H,10,11)(H,12,13);1H3. The summed E-state index contributed by atoms with van der Waals surface area (Å²) in [5.74, 6) is -2.86. The van der Waals surface area contributed by atoms with E-state index in [4.69, 9.17) is 9.84 Å². The first-order valence-electron chi connectivity index (χ1n) is 4.38. The maximum Gasteiger partial charge on any atom is 0.417 e. The molecule has 0 amide bonds. The summed E-state index contributed by atoms with van der Waals surface area (Å²) in [7, 11) is 0. The number of carbonyl (C=O) groups is 2. The van der Waals surface area contributed by atoms with E-state index in [0.717, 1.165) is 5.69 Å². The third kappa shape index (κ3) is 2.80. The van der Waals surface area contributed by atoms with Crippen LogP contribution in [0.15, 0.2) is 0 Å². The summed E-state index contributed by atoms with van der Waals surface area (Å²) >= 11 is 0. The molecule has 0 aliphatic carbocycles. The average Bonchev–Trinajstić information content (AvgIpc) is 2.45. The smallest absolute Gasteiger partial charge is 0.417 e. The Morgan fingerprint density at radius 2 is 2.00 bits per heavy atom. The third-order valence-electron chi connectivity index (χ3n) is 2.05. The second kappa shape index (κ2) is 5.26. The minimum absolute atomic E-state index is 0. The van der Waals surface area contributed by atoms with Gasteiger partial charge >= 0.3 is 11.9 Å². The molecular weight excluding hydrogens is 214 g/mol. The summed E-state index contributed by atoms with van der Waals surface area (Å²) in [5.41, 5.74) is 2.17. The number of aromatic amines is 1. The van der Waals surface area contributed by atoms with Gasteiger partial charge in [-0.05, 0) is 20.8 Å². The second-order valence-electron chi connectivity index (χ2n) is 3.20. The average molecular weight is 229 g/mol. The summed E-state index contributed by atoms with van der Waals surface area (Å²) in [4.78, 5) is 21.1. The van der Waals surface area contributed by atoms with Crippen LogP contribution in [0, 0.1) is 13.8 Å². The quantitative estimate of drug-likeness (QED) is 0.510. The van der Waals surface area contributed by atoms with Crippen molar-refractivity contribution < 1.29 is 19.4 Å². The molecule has 0 spiro atoms. The zero-order chi connectivity index (χ0) is 11.6. The fraction of sp³-hybridized carbons (Fsp3) is 0.444. The van der Waals surface area contributed by atoms with Crippen molar-refractivity contribution >= 4 is 11.9 Å². The Balaban J connectivity index is 0.00000225. The van der Waals surface area contributed by atoms with Gasteiger partial charge in [-0.1, -0.05) is 0 Å². The number of esters is 1. The SMILES string of the molecule is Cc1n[nH]c(C)c1C(C)OC(=O)C(=O)O.N. The molecule has 1 aromatic rings. The van der Waals surface area contributed by atoms with E-state index >= 15 is 0 Å². The first-order chi connectivity index (χ1) is 6.93. The number of carbonyl (C=O) groups excluding carboxylic acids is 1. The lowest BCUT2D eigenvalue weighted by atomic mass is 10.1. The van der Waals surface area contributed by atoms with Crippen LogP contribution in [0.3, 0.4) is 0 Å². The fourth-order valence-electron chi connectivity index (χ4n) is 1.43. The Morgan fingerprint density at radius 1 is 1.44 bits per heavy atom. The number of carboxylic acid groups (broad SMARTS) is 1. The van der Waals surface area contributed by atoms with Crippen LogP contribution in [0.2, 0.25) is 0 Å². The van der Waals surface area contributed by atoms with Crippen LogP contribution < -0.4 is 6.15 Å². The van der Waals surface area contributed by atoms with E-state index in [1.54, 1.807) is 20.8 Å². The number of nitrogens with zero attached hydrogens (tertiary/aromatic N) is 1. The molecule has 1 aromatic heterocycles. The third-order valence-corrected chi connectivity index (χ3v) is 2.05. The molecule has 1 rings (SSSR count). The van der Waals surface area contributed by atoms with E-state index in [1.807, 2.05) is 0 Å². The van der Waals surface area contributed by atoms with Gasteiger partial charge in [-0.15, -0.1) is 0 Å². The van der Waals surface area contributed by atoms with Crippen LogP contribution in [-0.2, 0) is 14.3 Å². The number of hydrogen-bond donors (Lipinski definition) is 3. The predicted octanol–water partition coefficient (Wildman–Crippen LogP) is 0.877. The number of H-pyrrole nitrogens is 1. The molecule has 0 saturated carbocycles. The van der Waals surface area contributed by atoms with Crippen molar-refractivity contribution in [3.8, 4) is 0 Å². The molecule has 0 radical (unpaired) electrons. The highest BCUT2D eigenvalue weighted by Gasteiger charge is 2.21. The lowest BCUT2D eigenvalue weighted by molar-refractivity contribution is -0.167. The molecule has 0 aliphatic rings. The Labute approximate surface area is 92.4 Å². The molecule has 1 unspecified atom stereocenters. The Hall–Kier alpha value is -1.89. The number of nitrogens with one attached hydrogen (secondary N) is 1. The molecule has 0 bridgehead atoms. The van der Waals surface area contributed by atoms with Crippen molar-refractivity contribution in [1.29, 1.82) is 0 Å². The number of rotatable bonds is 2. The van der Waals surface area contributed by atoms with Crippen molar-refractivity contribution in [3.63, 3.8) is 0 Å². The molecular formula is C9H15N3O4. The van der Waals surface area contributed by atoms with Gasteiger partial charge in [-0.25, -0.2) is 9.59 Å². The zero-order valence-electron chi connectivity index (χ0n) is 9.40. The Bertz CT molecular complexity index is 380. The lowest BCUT2D eigenvalue weighted by Crippen LogP contribution is -2.18. The molecule has 0 saturated heterocycles. The molecule has 90 valence electrons. The molecule has 7 heteroatoms. The van der Waals surface area contributed by atoms with Crippen LogP contribution in [0.25, 0.3) is 0 Å². The molecule has 0 fully saturated rings. The fourth-order valence-corrected chi connectivity index (χ4v) is 1.43. The van der Waals surface area contributed by atoms with E-state index in [9.17, 15) is 9.59 Å².